The molecular formula is C13H14O4. The first-order valence-corrected chi connectivity index (χ1v) is 5.72. The van der Waals surface area contributed by atoms with Crippen molar-refractivity contribution >= 4 is 12.4 Å². The van der Waals surface area contributed by atoms with Crippen LogP contribution in [0, 0.1) is 0 Å². The van der Waals surface area contributed by atoms with Gasteiger partial charge in [-0.25, -0.2) is 4.79 Å². The number of carbonyl (C=O) groups excluding carboxylic acids is 2. The van der Waals surface area contributed by atoms with Gasteiger partial charge in [0.25, 0.3) is 0 Å². The van der Waals surface area contributed by atoms with Crippen molar-refractivity contribution < 1.29 is 19.1 Å². The summed E-state index contributed by atoms with van der Waals surface area (Å²) in [4.78, 5) is 22.2. The average Bonchev–Trinajstić information content (AvgIpc) is 2.82. The van der Waals surface area contributed by atoms with Crippen LogP contribution in [0.5, 0.6) is 5.75 Å². The predicted octanol–water partition coefficient (Wildman–Crippen LogP) is 2.96. The minimum atomic E-state index is -0.730. The van der Waals surface area contributed by atoms with Gasteiger partial charge in [0.05, 0.1) is 5.56 Å². The number of aldehydes is 1. The lowest BCUT2D eigenvalue weighted by molar-refractivity contribution is 0.0611. The fraction of sp³-hybridized carbons (Fsp3) is 0.385. The number of ether oxygens (including phenoxy) is 2. The summed E-state index contributed by atoms with van der Waals surface area (Å²) < 4.78 is 10.1. The molecule has 2 rings (SSSR count). The maximum Gasteiger partial charge on any atom is 0.514 e. The van der Waals surface area contributed by atoms with E-state index in [-0.39, 0.29) is 11.9 Å². The second-order valence-electron chi connectivity index (χ2n) is 4.03. The van der Waals surface area contributed by atoms with Crippen molar-refractivity contribution in [3.05, 3.63) is 29.8 Å². The molecule has 0 heterocycles. The molecule has 0 spiro atoms. The van der Waals surface area contributed by atoms with Crippen LogP contribution >= 0.6 is 0 Å². The molecule has 1 aromatic rings. The van der Waals surface area contributed by atoms with Crippen molar-refractivity contribution in [3.63, 3.8) is 0 Å². The van der Waals surface area contributed by atoms with Crippen LogP contribution in [-0.4, -0.2) is 18.5 Å². The molecule has 0 bridgehead atoms. The zero-order valence-corrected chi connectivity index (χ0v) is 9.43. The molecule has 1 aliphatic rings. The van der Waals surface area contributed by atoms with Gasteiger partial charge in [-0.15, -0.1) is 0 Å². The molecule has 90 valence electrons. The van der Waals surface area contributed by atoms with E-state index >= 15 is 0 Å². The van der Waals surface area contributed by atoms with Crippen molar-refractivity contribution in [2.24, 2.45) is 0 Å². The highest BCUT2D eigenvalue weighted by Crippen LogP contribution is 2.22. The summed E-state index contributed by atoms with van der Waals surface area (Å²) in [6, 6.07) is 6.56. The molecule has 17 heavy (non-hydrogen) atoms. The van der Waals surface area contributed by atoms with Crippen molar-refractivity contribution in [2.75, 3.05) is 0 Å². The lowest BCUT2D eigenvalue weighted by Gasteiger charge is -2.11. The van der Waals surface area contributed by atoms with Gasteiger partial charge in [0.2, 0.25) is 0 Å². The van der Waals surface area contributed by atoms with Gasteiger partial charge < -0.3 is 9.47 Å². The Morgan fingerprint density at radius 3 is 2.65 bits per heavy atom. The number of para-hydroxylation sites is 1. The van der Waals surface area contributed by atoms with Gasteiger partial charge in [0.1, 0.15) is 11.9 Å². The Labute approximate surface area is 99.5 Å². The molecule has 4 nitrogen and oxygen atoms in total. The monoisotopic (exact) mass is 234 g/mol. The van der Waals surface area contributed by atoms with Crippen LogP contribution in [0.3, 0.4) is 0 Å². The Bertz CT molecular complexity index is 408. The molecule has 0 atom stereocenters. The summed E-state index contributed by atoms with van der Waals surface area (Å²) >= 11 is 0. The summed E-state index contributed by atoms with van der Waals surface area (Å²) in [7, 11) is 0. The standard InChI is InChI=1S/C13H14O4/c14-9-10-5-1-4-8-12(10)17-13(15)16-11-6-2-3-7-11/h1,4-5,8-9,11H,2-3,6-7H2. The van der Waals surface area contributed by atoms with E-state index in [2.05, 4.69) is 0 Å². The van der Waals surface area contributed by atoms with Crippen molar-refractivity contribution in [1.82, 2.24) is 0 Å². The highest BCUT2D eigenvalue weighted by Gasteiger charge is 2.20. The van der Waals surface area contributed by atoms with Crippen molar-refractivity contribution in [1.29, 1.82) is 0 Å². The first kappa shape index (κ1) is 11.6. The molecule has 1 aromatic carbocycles. The topological polar surface area (TPSA) is 52.6 Å². The Balaban J connectivity index is 1.95. The molecule has 0 radical (unpaired) electrons. The number of carbonyl (C=O) groups is 2. The maximum atomic E-state index is 11.5. The molecular weight excluding hydrogens is 220 g/mol. The highest BCUT2D eigenvalue weighted by molar-refractivity contribution is 5.81. The summed E-state index contributed by atoms with van der Waals surface area (Å²) in [5.41, 5.74) is 0.343. The molecule has 4 heteroatoms. The van der Waals surface area contributed by atoms with E-state index in [9.17, 15) is 9.59 Å². The highest BCUT2D eigenvalue weighted by atomic mass is 16.7. The molecule has 1 saturated carbocycles. The van der Waals surface area contributed by atoms with Crippen LogP contribution < -0.4 is 4.74 Å². The molecule has 1 aliphatic carbocycles. The minimum absolute atomic E-state index is 0.0362. The summed E-state index contributed by atoms with van der Waals surface area (Å²) in [6.07, 6.45) is 3.84. The van der Waals surface area contributed by atoms with Crippen LogP contribution in [0.25, 0.3) is 0 Å². The molecule has 0 unspecified atom stereocenters. The summed E-state index contributed by atoms with van der Waals surface area (Å²) in [5.74, 6) is 0.241. The van der Waals surface area contributed by atoms with Crippen LogP contribution in [-0.2, 0) is 4.74 Å². The van der Waals surface area contributed by atoms with E-state index in [1.807, 2.05) is 0 Å². The van der Waals surface area contributed by atoms with E-state index in [4.69, 9.17) is 9.47 Å². The minimum Gasteiger partial charge on any atom is -0.431 e. The van der Waals surface area contributed by atoms with Crippen LogP contribution in [0.1, 0.15) is 36.0 Å². The van der Waals surface area contributed by atoms with Gasteiger partial charge in [0, 0.05) is 0 Å². The van der Waals surface area contributed by atoms with E-state index < -0.39 is 6.16 Å². The van der Waals surface area contributed by atoms with Crippen LogP contribution in [0.15, 0.2) is 24.3 Å². The number of hydrogen-bond acceptors (Lipinski definition) is 4. The second kappa shape index (κ2) is 5.48. The lowest BCUT2D eigenvalue weighted by atomic mass is 10.2. The quantitative estimate of drug-likeness (QED) is 0.458. The Morgan fingerprint density at radius 2 is 1.94 bits per heavy atom. The molecule has 0 N–H and O–H groups in total. The van der Waals surface area contributed by atoms with E-state index in [1.165, 1.54) is 0 Å². The average molecular weight is 234 g/mol. The third-order valence-corrected chi connectivity index (χ3v) is 2.80. The van der Waals surface area contributed by atoms with Gasteiger partial charge >= 0.3 is 6.16 Å². The zero-order chi connectivity index (χ0) is 12.1. The first-order valence-electron chi connectivity index (χ1n) is 5.72. The largest absolute Gasteiger partial charge is 0.514 e. The van der Waals surface area contributed by atoms with Crippen molar-refractivity contribution in [3.8, 4) is 5.75 Å². The van der Waals surface area contributed by atoms with Gasteiger partial charge in [-0.3, -0.25) is 4.79 Å². The predicted molar refractivity (Wildman–Crippen MR) is 61.2 cm³/mol. The Kier molecular flexibility index (Phi) is 3.75. The Hall–Kier alpha value is -1.84. The van der Waals surface area contributed by atoms with Crippen LogP contribution in [0.2, 0.25) is 0 Å². The normalized spacial score (nSPS) is 15.5. The van der Waals surface area contributed by atoms with E-state index in [0.717, 1.165) is 25.7 Å². The molecule has 0 aliphatic heterocycles. The van der Waals surface area contributed by atoms with Crippen LogP contribution in [0.4, 0.5) is 4.79 Å². The maximum absolute atomic E-state index is 11.5. The SMILES string of the molecule is O=Cc1ccccc1OC(=O)OC1CCCC1. The third kappa shape index (κ3) is 3.06. The lowest BCUT2D eigenvalue weighted by Crippen LogP contribution is -2.18. The zero-order valence-electron chi connectivity index (χ0n) is 9.43. The van der Waals surface area contributed by atoms with Gasteiger partial charge in [-0.05, 0) is 37.8 Å². The van der Waals surface area contributed by atoms with E-state index in [1.54, 1.807) is 24.3 Å². The third-order valence-electron chi connectivity index (χ3n) is 2.80. The molecule has 0 amide bonds. The number of rotatable bonds is 3. The van der Waals surface area contributed by atoms with E-state index in [0.29, 0.717) is 11.8 Å². The fourth-order valence-electron chi connectivity index (χ4n) is 1.93. The second-order valence-corrected chi connectivity index (χ2v) is 4.03. The van der Waals surface area contributed by atoms with Crippen molar-refractivity contribution in [2.45, 2.75) is 31.8 Å². The Morgan fingerprint density at radius 1 is 1.24 bits per heavy atom. The summed E-state index contributed by atoms with van der Waals surface area (Å²) in [6.45, 7) is 0. The van der Waals surface area contributed by atoms with Gasteiger partial charge in [-0.2, -0.15) is 0 Å². The first-order chi connectivity index (χ1) is 8.29. The molecule has 0 aromatic heterocycles. The number of hydrogen-bond donors (Lipinski definition) is 0. The number of benzene rings is 1. The fourth-order valence-corrected chi connectivity index (χ4v) is 1.93. The van der Waals surface area contributed by atoms with Gasteiger partial charge in [0.15, 0.2) is 6.29 Å². The molecule has 1 fully saturated rings. The molecule has 0 saturated heterocycles. The summed E-state index contributed by atoms with van der Waals surface area (Å²) in [5, 5.41) is 0. The smallest absolute Gasteiger partial charge is 0.431 e. The van der Waals surface area contributed by atoms with Gasteiger partial charge in [-0.1, -0.05) is 12.1 Å².